The lowest BCUT2D eigenvalue weighted by molar-refractivity contribution is -0.105. The van der Waals surface area contributed by atoms with E-state index in [2.05, 4.69) is 20.5 Å². The third-order valence-corrected chi connectivity index (χ3v) is 1.35. The van der Waals surface area contributed by atoms with E-state index in [9.17, 15) is 9.70 Å². The van der Waals surface area contributed by atoms with Crippen molar-refractivity contribution in [3.63, 3.8) is 0 Å². The number of nitrogen functional groups attached to an aromatic ring is 1. The molecule has 14 heavy (non-hydrogen) atoms. The van der Waals surface area contributed by atoms with E-state index in [-0.39, 0.29) is 23.3 Å². The molecule has 1 amide bonds. The van der Waals surface area contributed by atoms with Crippen molar-refractivity contribution in [1.29, 1.82) is 0 Å². The van der Waals surface area contributed by atoms with Crippen molar-refractivity contribution < 1.29 is 9.53 Å². The summed E-state index contributed by atoms with van der Waals surface area (Å²) in [4.78, 5) is 27.7. The average Bonchev–Trinajstić information content (AvgIpc) is 2.17. The van der Waals surface area contributed by atoms with Crippen LogP contribution < -0.4 is 15.8 Å². The van der Waals surface area contributed by atoms with Crippen LogP contribution in [-0.4, -0.2) is 23.5 Å². The van der Waals surface area contributed by atoms with Gasteiger partial charge in [-0.3, -0.25) is 4.79 Å². The van der Waals surface area contributed by atoms with Crippen LogP contribution in [0.5, 0.6) is 5.88 Å². The van der Waals surface area contributed by atoms with Gasteiger partial charge in [0.05, 0.1) is 7.11 Å². The first-order valence-electron chi connectivity index (χ1n) is 3.48. The van der Waals surface area contributed by atoms with Gasteiger partial charge < -0.3 is 15.8 Å². The van der Waals surface area contributed by atoms with Crippen LogP contribution in [0.1, 0.15) is 0 Å². The van der Waals surface area contributed by atoms with Gasteiger partial charge in [-0.05, 0) is 5.18 Å². The van der Waals surface area contributed by atoms with Gasteiger partial charge in [-0.2, -0.15) is 9.97 Å². The van der Waals surface area contributed by atoms with Gasteiger partial charge in [-0.25, -0.2) is 0 Å². The van der Waals surface area contributed by atoms with E-state index in [1.54, 1.807) is 0 Å². The lowest BCUT2D eigenvalue weighted by Crippen LogP contribution is -2.04. The molecule has 0 radical (unpaired) electrons. The second-order valence-electron chi connectivity index (χ2n) is 2.14. The summed E-state index contributed by atoms with van der Waals surface area (Å²) in [5, 5.41) is 4.78. The van der Waals surface area contributed by atoms with E-state index >= 15 is 0 Å². The number of nitrogens with one attached hydrogen (secondary N) is 1. The Balaban J connectivity index is 3.30. The van der Waals surface area contributed by atoms with Gasteiger partial charge in [0.15, 0.2) is 5.82 Å². The summed E-state index contributed by atoms with van der Waals surface area (Å²) in [6, 6.07) is 0. The fraction of sp³-hybridized carbons (Fsp3) is 0.167. The Bertz CT molecular complexity index is 367. The van der Waals surface area contributed by atoms with E-state index in [0.29, 0.717) is 6.41 Å². The van der Waals surface area contributed by atoms with Crippen molar-refractivity contribution in [3.8, 4) is 5.88 Å². The van der Waals surface area contributed by atoms with Crippen molar-refractivity contribution in [1.82, 2.24) is 9.97 Å². The van der Waals surface area contributed by atoms with Gasteiger partial charge in [0.1, 0.15) is 0 Å². The van der Waals surface area contributed by atoms with Crippen LogP contribution in [0.3, 0.4) is 0 Å². The molecule has 0 aliphatic heterocycles. The highest BCUT2D eigenvalue weighted by atomic mass is 16.5. The Morgan fingerprint density at radius 3 is 2.79 bits per heavy atom. The van der Waals surface area contributed by atoms with Gasteiger partial charge in [0.25, 0.3) is 5.88 Å². The van der Waals surface area contributed by atoms with Crippen LogP contribution in [0.4, 0.5) is 17.5 Å². The molecular weight excluding hydrogens is 190 g/mol. The fourth-order valence-corrected chi connectivity index (χ4v) is 0.832. The van der Waals surface area contributed by atoms with Gasteiger partial charge in [-0.1, -0.05) is 0 Å². The van der Waals surface area contributed by atoms with Crippen LogP contribution >= 0.6 is 0 Å². The number of carbonyl (C=O) groups excluding carboxylic acids is 1. The van der Waals surface area contributed by atoms with Crippen LogP contribution in [0.2, 0.25) is 0 Å². The molecule has 8 nitrogen and oxygen atoms in total. The molecule has 0 spiro atoms. The van der Waals surface area contributed by atoms with E-state index < -0.39 is 0 Å². The van der Waals surface area contributed by atoms with Crippen molar-refractivity contribution in [2.24, 2.45) is 5.18 Å². The minimum atomic E-state index is -0.200. The number of amides is 1. The van der Waals surface area contributed by atoms with Crippen LogP contribution in [-0.2, 0) is 4.79 Å². The number of nitrogens with zero attached hydrogens (tertiary/aromatic N) is 3. The Morgan fingerprint density at radius 2 is 2.29 bits per heavy atom. The molecule has 0 aromatic carbocycles. The van der Waals surface area contributed by atoms with Crippen molar-refractivity contribution in [2.45, 2.75) is 0 Å². The summed E-state index contributed by atoms with van der Waals surface area (Å²) in [5.74, 6) is -0.296. The Morgan fingerprint density at radius 1 is 1.57 bits per heavy atom. The van der Waals surface area contributed by atoms with Crippen LogP contribution in [0.25, 0.3) is 0 Å². The number of hydrogen-bond acceptors (Lipinski definition) is 7. The molecule has 1 aromatic rings. The van der Waals surface area contributed by atoms with Gasteiger partial charge >= 0.3 is 0 Å². The zero-order valence-electron chi connectivity index (χ0n) is 7.22. The highest BCUT2D eigenvalue weighted by molar-refractivity contribution is 5.79. The summed E-state index contributed by atoms with van der Waals surface area (Å²) in [5.41, 5.74) is 5.09. The predicted octanol–water partition coefficient (Wildman–Crippen LogP) is 0.0336. The zero-order valence-corrected chi connectivity index (χ0v) is 7.22. The monoisotopic (exact) mass is 197 g/mol. The number of methoxy groups -OCH3 is 1. The summed E-state index contributed by atoms with van der Waals surface area (Å²) in [6.07, 6.45) is 0.343. The number of rotatable bonds is 4. The van der Waals surface area contributed by atoms with Gasteiger partial charge in [0.2, 0.25) is 18.0 Å². The maximum absolute atomic E-state index is 10.4. The molecule has 74 valence electrons. The molecule has 0 aliphatic rings. The highest BCUT2D eigenvalue weighted by Gasteiger charge is 2.14. The van der Waals surface area contributed by atoms with Gasteiger partial charge in [-0.15, -0.1) is 4.91 Å². The smallest absolute Gasteiger partial charge is 0.250 e. The maximum atomic E-state index is 10.4. The molecule has 1 aromatic heterocycles. The second-order valence-corrected chi connectivity index (χ2v) is 2.14. The maximum Gasteiger partial charge on any atom is 0.250 e. The van der Waals surface area contributed by atoms with E-state index in [1.807, 2.05) is 0 Å². The zero-order chi connectivity index (χ0) is 10.6. The molecule has 0 atom stereocenters. The van der Waals surface area contributed by atoms with E-state index in [4.69, 9.17) is 10.5 Å². The highest BCUT2D eigenvalue weighted by Crippen LogP contribution is 2.32. The van der Waals surface area contributed by atoms with E-state index in [1.165, 1.54) is 7.11 Å². The first-order chi connectivity index (χ1) is 6.72. The number of ether oxygens (including phenoxy) is 1. The normalized spacial score (nSPS) is 9.21. The SMILES string of the molecule is COc1nc(N)nc(NC=O)c1N=O. The fourth-order valence-electron chi connectivity index (χ4n) is 0.832. The number of carbonyl (C=O) groups is 1. The standard InChI is InChI=1S/C6H7N5O3/c1-14-5-3(11-13)4(8-2-12)9-6(7)10-5/h2H,1H3,(H3,7,8,9,10,12). The quantitative estimate of drug-likeness (QED) is 0.519. The Hall–Kier alpha value is -2.25. The summed E-state index contributed by atoms with van der Waals surface area (Å²) in [6.45, 7) is 0. The molecular formula is C6H7N5O3. The van der Waals surface area contributed by atoms with Crippen molar-refractivity contribution in [3.05, 3.63) is 4.91 Å². The van der Waals surface area contributed by atoms with Gasteiger partial charge in [0, 0.05) is 0 Å². The molecule has 0 bridgehead atoms. The number of aromatic nitrogens is 2. The van der Waals surface area contributed by atoms with Crippen molar-refractivity contribution >= 4 is 23.9 Å². The minimum absolute atomic E-state index is 0.0839. The lowest BCUT2D eigenvalue weighted by Gasteiger charge is -2.05. The summed E-state index contributed by atoms with van der Waals surface area (Å²) < 4.78 is 4.72. The Kier molecular flexibility index (Phi) is 2.89. The molecule has 0 unspecified atom stereocenters. The largest absolute Gasteiger partial charge is 0.479 e. The molecule has 0 saturated heterocycles. The molecule has 0 aliphatic carbocycles. The van der Waals surface area contributed by atoms with E-state index in [0.717, 1.165) is 0 Å². The summed E-state index contributed by atoms with van der Waals surface area (Å²) >= 11 is 0. The first kappa shape index (κ1) is 9.84. The third-order valence-electron chi connectivity index (χ3n) is 1.35. The van der Waals surface area contributed by atoms with Crippen LogP contribution in [0, 0.1) is 4.91 Å². The predicted molar refractivity (Wildman–Crippen MR) is 48.1 cm³/mol. The topological polar surface area (TPSA) is 120 Å². The number of hydrogen-bond donors (Lipinski definition) is 2. The molecule has 8 heteroatoms. The van der Waals surface area contributed by atoms with Crippen LogP contribution in [0.15, 0.2) is 5.18 Å². The van der Waals surface area contributed by atoms with Crippen molar-refractivity contribution in [2.75, 3.05) is 18.2 Å². The minimum Gasteiger partial charge on any atom is -0.479 e. The molecule has 1 rings (SSSR count). The molecule has 0 fully saturated rings. The average molecular weight is 197 g/mol. The summed E-state index contributed by atoms with van der Waals surface area (Å²) in [7, 11) is 1.29. The number of nitrogens with two attached hydrogens (primary N) is 1. The first-order valence-corrected chi connectivity index (χ1v) is 3.48. The number of nitroso groups, excluding NO2 is 1. The number of anilines is 2. The Labute approximate surface area is 78.5 Å². The lowest BCUT2D eigenvalue weighted by atomic mass is 10.4. The third kappa shape index (κ3) is 1.73. The second kappa shape index (κ2) is 4.12. The molecule has 1 heterocycles. The molecule has 0 saturated carbocycles. The molecule has 3 N–H and O–H groups in total.